The van der Waals surface area contributed by atoms with E-state index in [4.69, 9.17) is 14.9 Å². The van der Waals surface area contributed by atoms with Crippen LogP contribution in [0.3, 0.4) is 0 Å². The zero-order valence-electron chi connectivity index (χ0n) is 16.0. The molecule has 2 aromatic heterocycles. The molecular weight excluding hydrogens is 358 g/mol. The lowest BCUT2D eigenvalue weighted by molar-refractivity contribution is 0.0980. The number of benzene rings is 1. The first kappa shape index (κ1) is 18.0. The number of oxazole rings is 1. The monoisotopic (exact) mass is 379 g/mol. The van der Waals surface area contributed by atoms with Gasteiger partial charge < -0.3 is 19.8 Å². The molecule has 0 aliphatic carbocycles. The summed E-state index contributed by atoms with van der Waals surface area (Å²) in [5.41, 5.74) is 8.40. The number of hydrogen-bond donors (Lipinski definition) is 1. The van der Waals surface area contributed by atoms with Gasteiger partial charge in [-0.1, -0.05) is 12.1 Å². The van der Waals surface area contributed by atoms with Crippen molar-refractivity contribution in [1.29, 1.82) is 0 Å². The normalized spacial score (nSPS) is 14.1. The maximum atomic E-state index is 13.0. The molecule has 0 bridgehead atoms. The van der Waals surface area contributed by atoms with E-state index in [0.29, 0.717) is 30.1 Å². The Morgan fingerprint density at radius 1 is 1.21 bits per heavy atom. The van der Waals surface area contributed by atoms with Gasteiger partial charge in [0.15, 0.2) is 0 Å². The first-order chi connectivity index (χ1) is 13.4. The standard InChI is InChI=1S/C20H21N5O3/c1-20(2,18-22-9-11-28-18)12-4-6-13(7-5-12)25-10-8-14-15(17(25)26)16(21)24-19(23-14)27-3/h4-7,9,11H,8,10H2,1-3H3,(H2,21,23,24). The van der Waals surface area contributed by atoms with Crippen molar-refractivity contribution in [3.63, 3.8) is 0 Å². The van der Waals surface area contributed by atoms with Crippen LogP contribution in [0.5, 0.6) is 6.01 Å². The van der Waals surface area contributed by atoms with E-state index in [1.54, 1.807) is 17.4 Å². The molecule has 0 saturated carbocycles. The average molecular weight is 379 g/mol. The highest BCUT2D eigenvalue weighted by Gasteiger charge is 2.31. The molecule has 1 aliphatic heterocycles. The molecule has 2 N–H and O–H groups in total. The fourth-order valence-electron chi connectivity index (χ4n) is 3.42. The highest BCUT2D eigenvalue weighted by molar-refractivity contribution is 6.10. The molecule has 0 spiro atoms. The highest BCUT2D eigenvalue weighted by Crippen LogP contribution is 2.33. The number of aromatic nitrogens is 3. The van der Waals surface area contributed by atoms with E-state index >= 15 is 0 Å². The number of carbonyl (C=O) groups is 1. The second-order valence-electron chi connectivity index (χ2n) is 7.13. The topological polar surface area (TPSA) is 107 Å². The quantitative estimate of drug-likeness (QED) is 0.742. The van der Waals surface area contributed by atoms with Gasteiger partial charge in [-0.05, 0) is 31.5 Å². The number of methoxy groups -OCH3 is 1. The summed E-state index contributed by atoms with van der Waals surface area (Å²) in [6.07, 6.45) is 3.78. The Labute approximate surface area is 162 Å². The molecule has 4 rings (SSSR count). The summed E-state index contributed by atoms with van der Waals surface area (Å²) in [4.78, 5) is 27.3. The number of nitrogens with zero attached hydrogens (tertiary/aromatic N) is 4. The van der Waals surface area contributed by atoms with Crippen LogP contribution in [0.4, 0.5) is 11.5 Å². The number of ether oxygens (including phenoxy) is 1. The third kappa shape index (κ3) is 2.87. The number of rotatable bonds is 4. The molecule has 1 aromatic carbocycles. The molecular formula is C20H21N5O3. The molecule has 1 aliphatic rings. The van der Waals surface area contributed by atoms with Gasteiger partial charge in [0, 0.05) is 18.7 Å². The van der Waals surface area contributed by atoms with Gasteiger partial charge in [-0.15, -0.1) is 0 Å². The Morgan fingerprint density at radius 3 is 2.61 bits per heavy atom. The highest BCUT2D eigenvalue weighted by atomic mass is 16.5. The largest absolute Gasteiger partial charge is 0.467 e. The minimum absolute atomic E-state index is 0.137. The average Bonchev–Trinajstić information content (AvgIpc) is 3.23. The van der Waals surface area contributed by atoms with E-state index in [2.05, 4.69) is 15.0 Å². The van der Waals surface area contributed by atoms with Crippen LogP contribution < -0.4 is 15.4 Å². The third-order valence-electron chi connectivity index (χ3n) is 5.07. The van der Waals surface area contributed by atoms with Crippen molar-refractivity contribution in [2.75, 3.05) is 24.3 Å². The third-order valence-corrected chi connectivity index (χ3v) is 5.07. The Balaban J connectivity index is 1.63. The summed E-state index contributed by atoms with van der Waals surface area (Å²) in [6.45, 7) is 4.59. The van der Waals surface area contributed by atoms with Crippen LogP contribution in [0.15, 0.2) is 41.1 Å². The first-order valence-electron chi connectivity index (χ1n) is 8.94. The summed E-state index contributed by atoms with van der Waals surface area (Å²) in [5.74, 6) is 0.571. The molecule has 0 saturated heterocycles. The van der Waals surface area contributed by atoms with Gasteiger partial charge in [-0.2, -0.15) is 9.97 Å². The van der Waals surface area contributed by atoms with E-state index in [0.717, 1.165) is 11.3 Å². The number of anilines is 2. The number of hydrogen-bond acceptors (Lipinski definition) is 7. The van der Waals surface area contributed by atoms with Crippen LogP contribution >= 0.6 is 0 Å². The van der Waals surface area contributed by atoms with Crippen LogP contribution in [0, 0.1) is 0 Å². The number of nitrogens with two attached hydrogens (primary N) is 1. The fraction of sp³-hybridized carbons (Fsp3) is 0.300. The van der Waals surface area contributed by atoms with Crippen LogP contribution in [0.2, 0.25) is 0 Å². The Hall–Kier alpha value is -3.42. The molecule has 8 nitrogen and oxygen atoms in total. The van der Waals surface area contributed by atoms with Crippen molar-refractivity contribution in [3.05, 3.63) is 59.4 Å². The summed E-state index contributed by atoms with van der Waals surface area (Å²) < 4.78 is 10.5. The van der Waals surface area contributed by atoms with Gasteiger partial charge >= 0.3 is 6.01 Å². The van der Waals surface area contributed by atoms with E-state index in [9.17, 15) is 4.79 Å². The van der Waals surface area contributed by atoms with Crippen LogP contribution in [-0.2, 0) is 11.8 Å². The summed E-state index contributed by atoms with van der Waals surface area (Å²) in [6, 6.07) is 7.98. The Morgan fingerprint density at radius 2 is 1.96 bits per heavy atom. The van der Waals surface area contributed by atoms with Crippen LogP contribution in [-0.4, -0.2) is 34.5 Å². The van der Waals surface area contributed by atoms with Crippen molar-refractivity contribution in [2.45, 2.75) is 25.7 Å². The summed E-state index contributed by atoms with van der Waals surface area (Å²) in [5, 5.41) is 0. The second kappa shape index (κ2) is 6.63. The predicted octanol–water partition coefficient (Wildman–Crippen LogP) is 2.58. The summed E-state index contributed by atoms with van der Waals surface area (Å²) in [7, 11) is 1.47. The Bertz CT molecular complexity index is 1010. The number of nitrogen functional groups attached to an aromatic ring is 1. The van der Waals surface area contributed by atoms with Gasteiger partial charge in [-0.25, -0.2) is 4.98 Å². The maximum Gasteiger partial charge on any atom is 0.318 e. The number of carbonyl (C=O) groups excluding carboxylic acids is 1. The molecule has 144 valence electrons. The lowest BCUT2D eigenvalue weighted by Crippen LogP contribution is -2.39. The molecule has 8 heteroatoms. The fourth-order valence-corrected chi connectivity index (χ4v) is 3.42. The SMILES string of the molecule is COc1nc(N)c2c(n1)CCN(c1ccc(C(C)(C)c3ncco3)cc1)C2=O. The summed E-state index contributed by atoms with van der Waals surface area (Å²) >= 11 is 0. The van der Waals surface area contributed by atoms with Crippen molar-refractivity contribution in [1.82, 2.24) is 15.0 Å². The molecule has 0 radical (unpaired) electrons. The molecule has 1 amide bonds. The second-order valence-corrected chi connectivity index (χ2v) is 7.13. The van der Waals surface area contributed by atoms with E-state index in [1.165, 1.54) is 7.11 Å². The molecule has 3 aromatic rings. The lowest BCUT2D eigenvalue weighted by atomic mass is 9.84. The molecule has 3 heterocycles. The maximum absolute atomic E-state index is 13.0. The zero-order valence-corrected chi connectivity index (χ0v) is 16.0. The van der Waals surface area contributed by atoms with Gasteiger partial charge in [0.05, 0.1) is 24.4 Å². The molecule has 0 atom stereocenters. The van der Waals surface area contributed by atoms with E-state index < -0.39 is 0 Å². The van der Waals surface area contributed by atoms with Crippen molar-refractivity contribution in [2.24, 2.45) is 0 Å². The van der Waals surface area contributed by atoms with Gasteiger partial charge in [0.2, 0.25) is 5.89 Å². The minimum Gasteiger partial charge on any atom is -0.467 e. The van der Waals surface area contributed by atoms with Gasteiger partial charge in [0.25, 0.3) is 5.91 Å². The van der Waals surface area contributed by atoms with Crippen LogP contribution in [0.25, 0.3) is 0 Å². The Kier molecular flexibility index (Phi) is 4.26. The number of fused-ring (bicyclic) bond motifs is 1. The number of amides is 1. The zero-order chi connectivity index (χ0) is 19.9. The predicted molar refractivity (Wildman–Crippen MR) is 103 cm³/mol. The van der Waals surface area contributed by atoms with E-state index in [-0.39, 0.29) is 23.2 Å². The van der Waals surface area contributed by atoms with E-state index in [1.807, 2.05) is 38.1 Å². The smallest absolute Gasteiger partial charge is 0.318 e. The minimum atomic E-state index is -0.380. The molecule has 0 fully saturated rings. The first-order valence-corrected chi connectivity index (χ1v) is 8.94. The van der Waals surface area contributed by atoms with Crippen LogP contribution in [0.1, 0.15) is 41.4 Å². The van der Waals surface area contributed by atoms with Crippen molar-refractivity contribution >= 4 is 17.4 Å². The molecule has 28 heavy (non-hydrogen) atoms. The van der Waals surface area contributed by atoms with Crippen molar-refractivity contribution in [3.8, 4) is 6.01 Å². The van der Waals surface area contributed by atoms with Gasteiger partial charge in [0.1, 0.15) is 17.6 Å². The molecule has 0 unspecified atom stereocenters. The van der Waals surface area contributed by atoms with Gasteiger partial charge in [-0.3, -0.25) is 4.79 Å². The van der Waals surface area contributed by atoms with Crippen molar-refractivity contribution < 1.29 is 13.9 Å². The lowest BCUT2D eigenvalue weighted by Gasteiger charge is -2.29.